The Labute approximate surface area is 149 Å². The molecule has 7 nitrogen and oxygen atoms in total. The van der Waals surface area contributed by atoms with Crippen molar-refractivity contribution in [2.45, 2.75) is 13.3 Å². The van der Waals surface area contributed by atoms with Gasteiger partial charge in [-0.05, 0) is 30.4 Å². The first-order valence-electron chi connectivity index (χ1n) is 8.23. The minimum atomic E-state index is -0.0379. The van der Waals surface area contributed by atoms with Crippen LogP contribution in [0.15, 0.2) is 30.3 Å². The number of nitrogens with zero attached hydrogens (tertiary/aromatic N) is 6. The summed E-state index contributed by atoms with van der Waals surface area (Å²) in [6, 6.07) is 1.66. The molecule has 4 heterocycles. The number of amides is 1. The first-order valence-corrected chi connectivity index (χ1v) is 9.11. The third-order valence-electron chi connectivity index (χ3n) is 4.40. The topological polar surface area (TPSA) is 75.1 Å². The molecule has 4 rings (SSSR count). The molecule has 3 aromatic heterocycles. The molecule has 1 fully saturated rings. The smallest absolute Gasteiger partial charge is 0.272 e. The van der Waals surface area contributed by atoms with E-state index in [1.54, 1.807) is 29.9 Å². The van der Waals surface area contributed by atoms with Gasteiger partial charge in [-0.1, -0.05) is 0 Å². The molecule has 1 amide bonds. The van der Waals surface area contributed by atoms with Gasteiger partial charge in [-0.2, -0.15) is 0 Å². The lowest BCUT2D eigenvalue weighted by Gasteiger charge is -2.23. The lowest BCUT2D eigenvalue weighted by Crippen LogP contribution is -2.35. The van der Waals surface area contributed by atoms with E-state index >= 15 is 0 Å². The van der Waals surface area contributed by atoms with E-state index < -0.39 is 0 Å². The fourth-order valence-corrected chi connectivity index (χ4v) is 4.11. The Bertz CT molecular complexity index is 897. The number of hydrogen-bond donors (Lipinski definition) is 0. The van der Waals surface area contributed by atoms with Gasteiger partial charge in [0, 0.05) is 32.4 Å². The fourth-order valence-electron chi connectivity index (χ4n) is 3.09. The number of carbonyl (C=O) groups is 1. The number of hydrogen-bond acceptors (Lipinski definition) is 7. The number of carbonyl (C=O) groups excluding carboxylic acids is 1. The summed E-state index contributed by atoms with van der Waals surface area (Å²) in [6.45, 7) is 5.06. The molecule has 25 heavy (non-hydrogen) atoms. The van der Waals surface area contributed by atoms with Gasteiger partial charge in [0.2, 0.25) is 0 Å². The minimum absolute atomic E-state index is 0.0379. The minimum Gasteiger partial charge on any atom is -0.353 e. The molecule has 0 saturated carbocycles. The zero-order valence-electron chi connectivity index (χ0n) is 13.9. The summed E-state index contributed by atoms with van der Waals surface area (Å²) in [5, 5.41) is 2.12. The number of rotatable bonds is 2. The molecular weight excluding hydrogens is 336 g/mol. The largest absolute Gasteiger partial charge is 0.353 e. The second kappa shape index (κ2) is 6.72. The van der Waals surface area contributed by atoms with E-state index in [-0.39, 0.29) is 5.91 Å². The maximum atomic E-state index is 12.6. The first-order chi connectivity index (χ1) is 12.2. The summed E-state index contributed by atoms with van der Waals surface area (Å²) in [4.78, 5) is 33.6. The highest BCUT2D eigenvalue weighted by molar-refractivity contribution is 7.18. The predicted molar refractivity (Wildman–Crippen MR) is 96.9 cm³/mol. The number of thiophene rings is 1. The third-order valence-corrected chi connectivity index (χ3v) is 5.48. The Kier molecular flexibility index (Phi) is 4.27. The van der Waals surface area contributed by atoms with Crippen molar-refractivity contribution < 1.29 is 4.79 Å². The van der Waals surface area contributed by atoms with Gasteiger partial charge in [-0.15, -0.1) is 11.3 Å². The van der Waals surface area contributed by atoms with Gasteiger partial charge in [0.05, 0.1) is 10.2 Å². The van der Waals surface area contributed by atoms with Crippen molar-refractivity contribution >= 4 is 33.3 Å². The second-order valence-electron chi connectivity index (χ2n) is 6.02. The Morgan fingerprint density at radius 3 is 2.88 bits per heavy atom. The summed E-state index contributed by atoms with van der Waals surface area (Å²) in [7, 11) is 0. The lowest BCUT2D eigenvalue weighted by molar-refractivity contribution is 0.0761. The van der Waals surface area contributed by atoms with Crippen LogP contribution in [0.3, 0.4) is 0 Å². The summed E-state index contributed by atoms with van der Waals surface area (Å²) < 4.78 is 1.12. The van der Waals surface area contributed by atoms with E-state index in [0.717, 1.165) is 42.1 Å². The molecule has 1 saturated heterocycles. The third kappa shape index (κ3) is 3.05. The summed E-state index contributed by atoms with van der Waals surface area (Å²) in [5.74, 6) is 0.934. The van der Waals surface area contributed by atoms with Crippen molar-refractivity contribution in [2.75, 3.05) is 31.1 Å². The molecule has 0 N–H and O–H groups in total. The van der Waals surface area contributed by atoms with Gasteiger partial charge < -0.3 is 9.80 Å². The molecule has 1 aliphatic heterocycles. The molecule has 128 valence electrons. The van der Waals surface area contributed by atoms with Crippen LogP contribution in [0.1, 0.15) is 22.5 Å². The SMILES string of the molecule is Cc1csc2c(N3CCCN(C(=O)c4ccncn4)CC3)ncnc12. The van der Waals surface area contributed by atoms with Crippen LogP contribution in [0.2, 0.25) is 0 Å². The Morgan fingerprint density at radius 1 is 1.12 bits per heavy atom. The van der Waals surface area contributed by atoms with Crippen molar-refractivity contribution in [1.82, 2.24) is 24.8 Å². The summed E-state index contributed by atoms with van der Waals surface area (Å²) in [5.41, 5.74) is 2.65. The Morgan fingerprint density at radius 2 is 2.04 bits per heavy atom. The van der Waals surface area contributed by atoms with E-state index in [1.165, 1.54) is 11.9 Å². The van der Waals surface area contributed by atoms with Gasteiger partial charge in [0.15, 0.2) is 0 Å². The molecule has 1 aliphatic rings. The van der Waals surface area contributed by atoms with Crippen LogP contribution < -0.4 is 4.90 Å². The first kappa shape index (κ1) is 15.9. The second-order valence-corrected chi connectivity index (χ2v) is 6.90. The molecule has 0 bridgehead atoms. The van der Waals surface area contributed by atoms with Crippen molar-refractivity contribution in [3.63, 3.8) is 0 Å². The zero-order chi connectivity index (χ0) is 17.2. The maximum Gasteiger partial charge on any atom is 0.272 e. The van der Waals surface area contributed by atoms with E-state index in [9.17, 15) is 4.79 Å². The number of aromatic nitrogens is 4. The molecule has 0 aliphatic carbocycles. The van der Waals surface area contributed by atoms with Crippen LogP contribution in [0.5, 0.6) is 0 Å². The highest BCUT2D eigenvalue weighted by Gasteiger charge is 2.23. The van der Waals surface area contributed by atoms with Crippen LogP contribution >= 0.6 is 11.3 Å². The van der Waals surface area contributed by atoms with Gasteiger partial charge >= 0.3 is 0 Å². The normalized spacial score (nSPS) is 15.4. The average Bonchev–Trinajstić information content (AvgIpc) is 2.89. The summed E-state index contributed by atoms with van der Waals surface area (Å²) >= 11 is 1.68. The van der Waals surface area contributed by atoms with Gasteiger partial charge in [-0.3, -0.25) is 4.79 Å². The highest BCUT2D eigenvalue weighted by atomic mass is 32.1. The van der Waals surface area contributed by atoms with Gasteiger partial charge in [0.25, 0.3) is 5.91 Å². The molecule has 8 heteroatoms. The van der Waals surface area contributed by atoms with Gasteiger partial charge in [-0.25, -0.2) is 19.9 Å². The molecule has 0 spiro atoms. The zero-order valence-corrected chi connectivity index (χ0v) is 14.7. The summed E-state index contributed by atoms with van der Waals surface area (Å²) in [6.07, 6.45) is 5.54. The lowest BCUT2D eigenvalue weighted by atomic mass is 10.3. The fraction of sp³-hybridized carbons (Fsp3) is 0.353. The van der Waals surface area contributed by atoms with Crippen LogP contribution in [-0.2, 0) is 0 Å². The monoisotopic (exact) mass is 354 g/mol. The average molecular weight is 354 g/mol. The van der Waals surface area contributed by atoms with Gasteiger partial charge in [0.1, 0.15) is 24.2 Å². The van der Waals surface area contributed by atoms with Crippen molar-refractivity contribution in [1.29, 1.82) is 0 Å². The van der Waals surface area contributed by atoms with Crippen LogP contribution in [-0.4, -0.2) is 56.9 Å². The van der Waals surface area contributed by atoms with Crippen LogP contribution in [0.25, 0.3) is 10.2 Å². The van der Waals surface area contributed by atoms with E-state index in [0.29, 0.717) is 12.2 Å². The maximum absolute atomic E-state index is 12.6. The number of aryl methyl sites for hydroxylation is 1. The molecule has 0 unspecified atom stereocenters. The molecule has 3 aromatic rings. The van der Waals surface area contributed by atoms with E-state index in [1.807, 2.05) is 4.90 Å². The molecular formula is C17H18N6OS. The molecule has 0 radical (unpaired) electrons. The van der Waals surface area contributed by atoms with Crippen molar-refractivity contribution in [3.8, 4) is 0 Å². The quantitative estimate of drug-likeness (QED) is 0.702. The van der Waals surface area contributed by atoms with Crippen molar-refractivity contribution in [2.24, 2.45) is 0 Å². The van der Waals surface area contributed by atoms with E-state index in [2.05, 4.69) is 37.1 Å². The standard InChI is InChI=1S/C17H18N6OS/c1-12-9-25-15-14(12)20-11-21-16(15)22-5-2-6-23(8-7-22)17(24)13-3-4-18-10-19-13/h3-4,9-11H,2,5-8H2,1H3. The van der Waals surface area contributed by atoms with Crippen LogP contribution in [0, 0.1) is 6.92 Å². The van der Waals surface area contributed by atoms with E-state index in [4.69, 9.17) is 0 Å². The molecule has 0 aromatic carbocycles. The highest BCUT2D eigenvalue weighted by Crippen LogP contribution is 2.31. The Hall–Kier alpha value is -2.61. The number of anilines is 1. The predicted octanol–water partition coefficient (Wildman–Crippen LogP) is 2.14. The van der Waals surface area contributed by atoms with Crippen LogP contribution in [0.4, 0.5) is 5.82 Å². The number of fused-ring (bicyclic) bond motifs is 1. The Balaban J connectivity index is 1.54. The molecule has 0 atom stereocenters. The van der Waals surface area contributed by atoms with Crippen molar-refractivity contribution in [3.05, 3.63) is 41.6 Å².